The Bertz CT molecular complexity index is 2560. The van der Waals surface area contributed by atoms with Gasteiger partial charge in [-0.1, -0.05) is 244 Å². The summed E-state index contributed by atoms with van der Waals surface area (Å²) in [6, 6.07) is 50.7. The first kappa shape index (κ1) is 44.7. The fourth-order valence-corrected chi connectivity index (χ4v) is 7.24. The molecule has 61 heavy (non-hydrogen) atoms. The fraction of sp³-hybridized carbons (Fsp3) is 0.0847. The molecule has 1 atom stereocenters. The predicted octanol–water partition coefficient (Wildman–Crippen LogP) is 14.7. The van der Waals surface area contributed by atoms with Gasteiger partial charge in [0.2, 0.25) is 0 Å². The van der Waals surface area contributed by atoms with Crippen molar-refractivity contribution in [1.82, 2.24) is 0 Å². The van der Waals surface area contributed by atoms with Crippen molar-refractivity contribution >= 4 is 16.5 Å². The summed E-state index contributed by atoms with van der Waals surface area (Å²) in [5.41, 5.74) is 23.1. The van der Waals surface area contributed by atoms with Gasteiger partial charge in [0.25, 0.3) is 0 Å². The molecule has 6 aromatic rings. The van der Waals surface area contributed by atoms with Crippen molar-refractivity contribution in [3.8, 4) is 11.1 Å². The number of allylic oxidation sites excluding steroid dienone is 16. The van der Waals surface area contributed by atoms with Gasteiger partial charge in [-0.05, 0) is 99.8 Å². The van der Waals surface area contributed by atoms with Crippen LogP contribution < -0.4 is 11.5 Å². The van der Waals surface area contributed by atoms with Crippen LogP contribution >= 0.6 is 0 Å². The third-order valence-electron chi connectivity index (χ3n) is 10.4. The van der Waals surface area contributed by atoms with Crippen LogP contribution in [0.25, 0.3) is 21.9 Å². The molecular weight excluding hydrogens is 737 g/mol. The number of anilines is 1. The molecular formula is C59H58N2. The van der Waals surface area contributed by atoms with Crippen LogP contribution in [0.2, 0.25) is 0 Å². The lowest BCUT2D eigenvalue weighted by Gasteiger charge is -2.38. The number of para-hydroxylation sites is 1. The molecule has 6 rings (SSSR count). The number of hydrogen-bond acceptors (Lipinski definition) is 2. The summed E-state index contributed by atoms with van der Waals surface area (Å²) in [6.07, 6.45) is 32.0. The van der Waals surface area contributed by atoms with E-state index in [1.54, 1.807) is 12.3 Å². The average Bonchev–Trinajstić information content (AvgIpc) is 3.29. The predicted molar refractivity (Wildman–Crippen MR) is 267 cm³/mol. The van der Waals surface area contributed by atoms with E-state index in [1.165, 1.54) is 33.2 Å². The maximum Gasteiger partial charge on any atom is 0.0503 e. The fourth-order valence-electron chi connectivity index (χ4n) is 7.24. The average molecular weight is 795 g/mol. The standard InChI is InChI=1S/C46H46N2.C13H12/c1-4-5-6-10-22-37(2)23-11-9-20-33-46(43-31-18-19-32-45(43)48,38(3)24-12-7-13-25-39-26-14-8-15-27-39)44-36-41-29-17-16-28-40(41)35-42(44)30-21-34-47;1-11-7-9-13(10-8-11)12-5-3-2-4-6-12/h4-24,26-29,31-32,34-36H,1-3,25,30,33,47-48H2;2-10H,1H3/b6-5-,13-7+,20-9-,22-10-,23-11-,24-12+,34-21-;. The summed E-state index contributed by atoms with van der Waals surface area (Å²) in [7, 11) is 0. The van der Waals surface area contributed by atoms with E-state index in [2.05, 4.69) is 178 Å². The molecule has 0 saturated heterocycles. The van der Waals surface area contributed by atoms with Crippen molar-refractivity contribution < 1.29 is 0 Å². The van der Waals surface area contributed by atoms with Crippen molar-refractivity contribution in [2.45, 2.75) is 31.6 Å². The summed E-state index contributed by atoms with van der Waals surface area (Å²) >= 11 is 0. The largest absolute Gasteiger partial charge is 0.405 e. The Labute approximate surface area is 364 Å². The van der Waals surface area contributed by atoms with E-state index in [9.17, 15) is 0 Å². The molecule has 2 heteroatoms. The second kappa shape index (κ2) is 23.9. The first-order valence-corrected chi connectivity index (χ1v) is 20.8. The second-order valence-corrected chi connectivity index (χ2v) is 14.8. The summed E-state index contributed by atoms with van der Waals surface area (Å²) in [5, 5.41) is 2.33. The molecule has 0 aliphatic rings. The number of benzene rings is 6. The zero-order valence-corrected chi connectivity index (χ0v) is 35.4. The smallest absolute Gasteiger partial charge is 0.0503 e. The van der Waals surface area contributed by atoms with E-state index in [0.717, 1.165) is 39.8 Å². The molecule has 0 aromatic heterocycles. The third-order valence-corrected chi connectivity index (χ3v) is 10.4. The molecule has 0 radical (unpaired) electrons. The van der Waals surface area contributed by atoms with E-state index < -0.39 is 5.41 Å². The van der Waals surface area contributed by atoms with Gasteiger partial charge in [0.15, 0.2) is 0 Å². The lowest BCUT2D eigenvalue weighted by molar-refractivity contribution is 0.625. The minimum absolute atomic E-state index is 0.629. The van der Waals surface area contributed by atoms with Gasteiger partial charge >= 0.3 is 0 Å². The first-order valence-electron chi connectivity index (χ1n) is 20.8. The molecule has 0 spiro atoms. The van der Waals surface area contributed by atoms with Gasteiger partial charge in [0.05, 0.1) is 5.41 Å². The van der Waals surface area contributed by atoms with Crippen molar-refractivity contribution in [2.24, 2.45) is 5.73 Å². The Balaban J connectivity index is 0.000000457. The van der Waals surface area contributed by atoms with Gasteiger partial charge in [-0.25, -0.2) is 0 Å². The zero-order chi connectivity index (χ0) is 43.1. The van der Waals surface area contributed by atoms with Crippen LogP contribution in [0.15, 0.2) is 268 Å². The number of nitrogen functional groups attached to an aromatic ring is 1. The van der Waals surface area contributed by atoms with E-state index >= 15 is 0 Å². The normalized spacial score (nSPS) is 12.9. The van der Waals surface area contributed by atoms with Crippen LogP contribution in [-0.2, 0) is 18.3 Å². The van der Waals surface area contributed by atoms with Crippen LogP contribution in [0.1, 0.15) is 34.2 Å². The van der Waals surface area contributed by atoms with Crippen molar-refractivity contribution in [2.75, 3.05) is 5.73 Å². The van der Waals surface area contributed by atoms with Gasteiger partial charge in [-0.15, -0.1) is 0 Å². The van der Waals surface area contributed by atoms with Crippen LogP contribution in [0, 0.1) is 6.92 Å². The number of hydrogen-bond donors (Lipinski definition) is 2. The molecule has 0 heterocycles. The minimum atomic E-state index is -0.673. The van der Waals surface area contributed by atoms with Gasteiger partial charge < -0.3 is 11.5 Å². The molecule has 0 amide bonds. The summed E-state index contributed by atoms with van der Waals surface area (Å²) in [5.74, 6) is 0. The van der Waals surface area contributed by atoms with E-state index in [4.69, 9.17) is 18.0 Å². The van der Waals surface area contributed by atoms with Crippen LogP contribution in [-0.4, -0.2) is 0 Å². The van der Waals surface area contributed by atoms with Crippen molar-refractivity contribution in [3.63, 3.8) is 0 Å². The highest BCUT2D eigenvalue weighted by Crippen LogP contribution is 2.47. The highest BCUT2D eigenvalue weighted by Gasteiger charge is 2.38. The monoisotopic (exact) mass is 794 g/mol. The Kier molecular flexibility index (Phi) is 17.5. The molecule has 4 N–H and O–H groups in total. The number of nitrogens with two attached hydrogens (primary N) is 2. The Hall–Kier alpha value is -7.42. The molecule has 0 bridgehead atoms. The number of rotatable bonds is 17. The zero-order valence-electron chi connectivity index (χ0n) is 35.4. The molecule has 0 aliphatic carbocycles. The quantitative estimate of drug-likeness (QED) is 0.0714. The summed E-state index contributed by atoms with van der Waals surface area (Å²) in [4.78, 5) is 0. The molecule has 6 aromatic carbocycles. The van der Waals surface area contributed by atoms with E-state index in [1.807, 2.05) is 66.8 Å². The maximum atomic E-state index is 6.84. The third kappa shape index (κ3) is 13.0. The lowest BCUT2D eigenvalue weighted by atomic mass is 9.64. The summed E-state index contributed by atoms with van der Waals surface area (Å²) < 4.78 is 0. The van der Waals surface area contributed by atoms with Gasteiger partial charge in [0, 0.05) is 5.69 Å². The molecule has 0 fully saturated rings. The SMILES string of the molecule is C=C/C=C\C=C/C(=C)/C=C\C=C/CC(C(=C)/C=C/C=C/Cc1ccccc1)(c1ccccc1N)c1cc2ccccc2cc1C/C=C\N.Cc1ccc(-c2ccccc2)cc1. The molecule has 2 nitrogen and oxygen atoms in total. The Morgan fingerprint density at radius 1 is 0.557 bits per heavy atom. The van der Waals surface area contributed by atoms with Gasteiger partial charge in [0.1, 0.15) is 0 Å². The Morgan fingerprint density at radius 3 is 1.84 bits per heavy atom. The van der Waals surface area contributed by atoms with Crippen LogP contribution in [0.3, 0.4) is 0 Å². The van der Waals surface area contributed by atoms with E-state index in [0.29, 0.717) is 12.8 Å². The van der Waals surface area contributed by atoms with Crippen LogP contribution in [0.4, 0.5) is 5.69 Å². The number of aryl methyl sites for hydroxylation is 1. The first-order chi connectivity index (χ1) is 29.8. The molecule has 1 unspecified atom stereocenters. The highest BCUT2D eigenvalue weighted by atomic mass is 14.6. The molecule has 0 saturated carbocycles. The van der Waals surface area contributed by atoms with E-state index in [-0.39, 0.29) is 0 Å². The topological polar surface area (TPSA) is 52.0 Å². The summed E-state index contributed by atoms with van der Waals surface area (Å²) in [6.45, 7) is 14.7. The van der Waals surface area contributed by atoms with Crippen molar-refractivity contribution in [3.05, 3.63) is 296 Å². The Morgan fingerprint density at radius 2 is 1.15 bits per heavy atom. The second-order valence-electron chi connectivity index (χ2n) is 14.8. The maximum absolute atomic E-state index is 6.84. The van der Waals surface area contributed by atoms with Crippen LogP contribution in [0.5, 0.6) is 0 Å². The van der Waals surface area contributed by atoms with Gasteiger partial charge in [-0.3, -0.25) is 0 Å². The highest BCUT2D eigenvalue weighted by molar-refractivity contribution is 5.85. The van der Waals surface area contributed by atoms with Crippen molar-refractivity contribution in [1.29, 1.82) is 0 Å². The number of fused-ring (bicyclic) bond motifs is 1. The lowest BCUT2D eigenvalue weighted by Crippen LogP contribution is -2.31. The minimum Gasteiger partial charge on any atom is -0.405 e. The molecule has 0 aliphatic heterocycles. The molecule has 304 valence electrons. The van der Waals surface area contributed by atoms with Gasteiger partial charge in [-0.2, -0.15) is 0 Å².